The molecule has 0 radical (unpaired) electrons. The van der Waals surface area contributed by atoms with Gasteiger partial charge < -0.3 is 5.11 Å². The summed E-state index contributed by atoms with van der Waals surface area (Å²) in [7, 11) is 0. The molecule has 0 bridgehead atoms. The molecule has 1 N–H and O–H groups in total. The number of carboxylic acids is 1. The molecule has 0 amide bonds. The standard InChI is InChI=1S/C16H25NO2/c1-6-14(5)17(10-16(18)19)9-15-8-12(3)11(2)7-13(15)4/h7-8,14H,6,9-10H2,1-5H3,(H,18,19). The summed E-state index contributed by atoms with van der Waals surface area (Å²) in [5.74, 6) is -0.762. The molecule has 0 aliphatic rings. The van der Waals surface area contributed by atoms with E-state index in [4.69, 9.17) is 5.11 Å². The van der Waals surface area contributed by atoms with Crippen molar-refractivity contribution in [2.45, 2.75) is 53.6 Å². The van der Waals surface area contributed by atoms with Gasteiger partial charge in [0.25, 0.3) is 0 Å². The summed E-state index contributed by atoms with van der Waals surface area (Å²) >= 11 is 0. The van der Waals surface area contributed by atoms with E-state index in [1.54, 1.807) is 0 Å². The van der Waals surface area contributed by atoms with Gasteiger partial charge in [-0.15, -0.1) is 0 Å². The van der Waals surface area contributed by atoms with Gasteiger partial charge in [-0.3, -0.25) is 9.69 Å². The summed E-state index contributed by atoms with van der Waals surface area (Å²) in [6, 6.07) is 4.64. The molecule has 0 heterocycles. The molecule has 1 aromatic rings. The molecule has 1 rings (SSSR count). The molecule has 1 atom stereocenters. The molecule has 1 aromatic carbocycles. The molecule has 1 unspecified atom stereocenters. The minimum atomic E-state index is -0.762. The number of nitrogens with zero attached hydrogens (tertiary/aromatic N) is 1. The third kappa shape index (κ3) is 4.35. The van der Waals surface area contributed by atoms with Crippen LogP contribution in [0.25, 0.3) is 0 Å². The molecule has 19 heavy (non-hydrogen) atoms. The van der Waals surface area contributed by atoms with Crippen LogP contribution in [-0.2, 0) is 11.3 Å². The zero-order valence-electron chi connectivity index (χ0n) is 12.7. The maximum absolute atomic E-state index is 11.0. The van der Waals surface area contributed by atoms with E-state index < -0.39 is 5.97 Å². The number of hydrogen-bond donors (Lipinski definition) is 1. The van der Waals surface area contributed by atoms with Gasteiger partial charge in [0.1, 0.15) is 0 Å². The molecule has 0 aromatic heterocycles. The first-order valence-corrected chi connectivity index (χ1v) is 6.87. The minimum Gasteiger partial charge on any atom is -0.480 e. The number of hydrogen-bond acceptors (Lipinski definition) is 2. The molecule has 0 fully saturated rings. The highest BCUT2D eigenvalue weighted by Gasteiger charge is 2.17. The van der Waals surface area contributed by atoms with E-state index in [2.05, 4.69) is 46.8 Å². The monoisotopic (exact) mass is 263 g/mol. The SMILES string of the molecule is CCC(C)N(CC(=O)O)Cc1cc(C)c(C)cc1C. The molecule has 0 saturated carbocycles. The van der Waals surface area contributed by atoms with E-state index in [9.17, 15) is 4.79 Å². The Morgan fingerprint density at radius 3 is 2.32 bits per heavy atom. The van der Waals surface area contributed by atoms with Crippen LogP contribution < -0.4 is 0 Å². The first-order valence-electron chi connectivity index (χ1n) is 6.87. The van der Waals surface area contributed by atoms with Crippen molar-refractivity contribution in [2.75, 3.05) is 6.54 Å². The number of aryl methyl sites for hydroxylation is 3. The van der Waals surface area contributed by atoms with Gasteiger partial charge in [-0.2, -0.15) is 0 Å². The topological polar surface area (TPSA) is 40.5 Å². The van der Waals surface area contributed by atoms with Gasteiger partial charge in [0.2, 0.25) is 0 Å². The van der Waals surface area contributed by atoms with Crippen molar-refractivity contribution >= 4 is 5.97 Å². The lowest BCUT2D eigenvalue weighted by Crippen LogP contribution is -2.36. The smallest absolute Gasteiger partial charge is 0.317 e. The second-order valence-corrected chi connectivity index (χ2v) is 5.42. The van der Waals surface area contributed by atoms with E-state index in [1.165, 1.54) is 22.3 Å². The molecule has 0 saturated heterocycles. The lowest BCUT2D eigenvalue weighted by molar-refractivity contribution is -0.139. The molecule has 3 nitrogen and oxygen atoms in total. The van der Waals surface area contributed by atoms with Crippen LogP contribution in [0.3, 0.4) is 0 Å². The van der Waals surface area contributed by atoms with Crippen LogP contribution in [0.2, 0.25) is 0 Å². The molecular weight excluding hydrogens is 238 g/mol. The summed E-state index contributed by atoms with van der Waals surface area (Å²) in [4.78, 5) is 13.0. The predicted molar refractivity (Wildman–Crippen MR) is 78.5 cm³/mol. The highest BCUT2D eigenvalue weighted by atomic mass is 16.4. The van der Waals surface area contributed by atoms with Gasteiger partial charge in [-0.25, -0.2) is 0 Å². The Morgan fingerprint density at radius 1 is 1.21 bits per heavy atom. The van der Waals surface area contributed by atoms with Gasteiger partial charge in [0.15, 0.2) is 0 Å². The Kier molecular flexibility index (Phi) is 5.55. The fourth-order valence-electron chi connectivity index (χ4n) is 2.21. The third-order valence-corrected chi connectivity index (χ3v) is 3.88. The summed E-state index contributed by atoms with van der Waals surface area (Å²) in [6.07, 6.45) is 0.956. The van der Waals surface area contributed by atoms with Crippen molar-refractivity contribution in [1.82, 2.24) is 4.90 Å². The molecule has 106 valence electrons. The largest absolute Gasteiger partial charge is 0.480 e. The Morgan fingerprint density at radius 2 is 1.79 bits per heavy atom. The van der Waals surface area contributed by atoms with Crippen LogP contribution in [-0.4, -0.2) is 28.6 Å². The van der Waals surface area contributed by atoms with Crippen LogP contribution in [0.15, 0.2) is 12.1 Å². The van der Waals surface area contributed by atoms with Crippen molar-refractivity contribution in [3.63, 3.8) is 0 Å². The lowest BCUT2D eigenvalue weighted by Gasteiger charge is -2.27. The van der Waals surface area contributed by atoms with E-state index in [1.807, 2.05) is 4.90 Å². The second kappa shape index (κ2) is 6.71. The molecule has 0 aliphatic heterocycles. The third-order valence-electron chi connectivity index (χ3n) is 3.88. The first-order chi connectivity index (χ1) is 8.85. The van der Waals surface area contributed by atoms with Gasteiger partial charge in [-0.05, 0) is 56.4 Å². The van der Waals surface area contributed by atoms with Gasteiger partial charge in [-0.1, -0.05) is 19.1 Å². The van der Waals surface area contributed by atoms with E-state index in [0.29, 0.717) is 6.54 Å². The minimum absolute atomic E-state index is 0.0986. The first kappa shape index (κ1) is 15.7. The van der Waals surface area contributed by atoms with Crippen molar-refractivity contribution in [2.24, 2.45) is 0 Å². The van der Waals surface area contributed by atoms with Crippen LogP contribution in [0, 0.1) is 20.8 Å². The number of benzene rings is 1. The number of carboxylic acid groups (broad SMARTS) is 1. The maximum Gasteiger partial charge on any atom is 0.317 e. The van der Waals surface area contributed by atoms with Crippen molar-refractivity contribution in [3.05, 3.63) is 34.4 Å². The van der Waals surface area contributed by atoms with Gasteiger partial charge in [0, 0.05) is 12.6 Å². The number of carbonyl (C=O) groups is 1. The van der Waals surface area contributed by atoms with Crippen molar-refractivity contribution < 1.29 is 9.90 Å². The molecule has 0 aliphatic carbocycles. The summed E-state index contributed by atoms with van der Waals surface area (Å²) in [6.45, 7) is 11.3. The van der Waals surface area contributed by atoms with Crippen LogP contribution >= 0.6 is 0 Å². The Labute approximate surface area is 116 Å². The summed E-state index contributed by atoms with van der Waals surface area (Å²) in [5.41, 5.74) is 5.01. The molecule has 3 heteroatoms. The zero-order chi connectivity index (χ0) is 14.6. The second-order valence-electron chi connectivity index (χ2n) is 5.42. The van der Waals surface area contributed by atoms with Crippen LogP contribution in [0.5, 0.6) is 0 Å². The van der Waals surface area contributed by atoms with Crippen LogP contribution in [0.1, 0.15) is 42.5 Å². The van der Waals surface area contributed by atoms with Crippen molar-refractivity contribution in [3.8, 4) is 0 Å². The number of aliphatic carboxylic acids is 1. The predicted octanol–water partition coefficient (Wildman–Crippen LogP) is 3.30. The fourth-order valence-corrected chi connectivity index (χ4v) is 2.21. The lowest BCUT2D eigenvalue weighted by atomic mass is 10.00. The fraction of sp³-hybridized carbons (Fsp3) is 0.562. The highest BCUT2D eigenvalue weighted by Crippen LogP contribution is 2.18. The van der Waals surface area contributed by atoms with Gasteiger partial charge >= 0.3 is 5.97 Å². The van der Waals surface area contributed by atoms with E-state index >= 15 is 0 Å². The van der Waals surface area contributed by atoms with Crippen molar-refractivity contribution in [1.29, 1.82) is 0 Å². The molecule has 0 spiro atoms. The van der Waals surface area contributed by atoms with Crippen LogP contribution in [0.4, 0.5) is 0 Å². The van der Waals surface area contributed by atoms with E-state index in [-0.39, 0.29) is 12.6 Å². The maximum atomic E-state index is 11.0. The Hall–Kier alpha value is -1.35. The average molecular weight is 263 g/mol. The molecular formula is C16H25NO2. The Balaban J connectivity index is 2.95. The highest BCUT2D eigenvalue weighted by molar-refractivity contribution is 5.69. The Bertz CT molecular complexity index is 454. The number of rotatable bonds is 6. The summed E-state index contributed by atoms with van der Waals surface area (Å²) in [5, 5.41) is 9.03. The quantitative estimate of drug-likeness (QED) is 0.856. The zero-order valence-corrected chi connectivity index (χ0v) is 12.7. The van der Waals surface area contributed by atoms with Gasteiger partial charge in [0.05, 0.1) is 6.54 Å². The summed E-state index contributed by atoms with van der Waals surface area (Å²) < 4.78 is 0. The average Bonchev–Trinajstić information content (AvgIpc) is 2.33. The normalized spacial score (nSPS) is 12.7. The van der Waals surface area contributed by atoms with E-state index in [0.717, 1.165) is 6.42 Å².